The number of carbonyl (C=O) groups excluding carboxylic acids is 2. The first-order valence-electron chi connectivity index (χ1n) is 7.57. The van der Waals surface area contributed by atoms with Gasteiger partial charge < -0.3 is 16.0 Å². The van der Waals surface area contributed by atoms with Crippen LogP contribution in [0, 0.1) is 0 Å². The minimum atomic E-state index is -0.527. The molecule has 2 amide bonds. The molecule has 5 heteroatoms. The average Bonchev–Trinajstić information content (AvgIpc) is 3.00. The predicted molar refractivity (Wildman–Crippen MR) is 81.0 cm³/mol. The SMILES string of the molecule is NCC1(c2cccc(N3CCNC(=O)C3=O)c2)CCCC1. The molecule has 0 radical (unpaired) electrons. The molecule has 1 aliphatic carbocycles. The number of rotatable bonds is 3. The van der Waals surface area contributed by atoms with Crippen LogP contribution in [-0.4, -0.2) is 31.4 Å². The van der Waals surface area contributed by atoms with Gasteiger partial charge in [0.1, 0.15) is 0 Å². The van der Waals surface area contributed by atoms with Gasteiger partial charge in [-0.25, -0.2) is 0 Å². The highest BCUT2D eigenvalue weighted by atomic mass is 16.2. The van der Waals surface area contributed by atoms with Gasteiger partial charge in [-0.05, 0) is 30.5 Å². The fourth-order valence-electron chi connectivity index (χ4n) is 3.49. The summed E-state index contributed by atoms with van der Waals surface area (Å²) in [6.07, 6.45) is 4.60. The molecular weight excluding hydrogens is 266 g/mol. The molecule has 1 saturated heterocycles. The van der Waals surface area contributed by atoms with Crippen molar-refractivity contribution in [1.82, 2.24) is 5.32 Å². The molecule has 0 spiro atoms. The van der Waals surface area contributed by atoms with Crippen LogP contribution in [0.4, 0.5) is 5.69 Å². The Morgan fingerprint density at radius 2 is 2.00 bits per heavy atom. The fraction of sp³-hybridized carbons (Fsp3) is 0.500. The first-order valence-corrected chi connectivity index (χ1v) is 7.57. The maximum Gasteiger partial charge on any atom is 0.316 e. The van der Waals surface area contributed by atoms with E-state index >= 15 is 0 Å². The summed E-state index contributed by atoms with van der Waals surface area (Å²) in [5, 5.41) is 2.57. The molecule has 1 aromatic carbocycles. The highest BCUT2D eigenvalue weighted by molar-refractivity contribution is 6.41. The van der Waals surface area contributed by atoms with Crippen LogP contribution < -0.4 is 16.0 Å². The third-order valence-corrected chi connectivity index (χ3v) is 4.78. The fourth-order valence-corrected chi connectivity index (χ4v) is 3.49. The van der Waals surface area contributed by atoms with Crippen molar-refractivity contribution in [3.63, 3.8) is 0 Å². The number of carbonyl (C=O) groups is 2. The number of nitrogens with one attached hydrogen (secondary N) is 1. The maximum atomic E-state index is 12.0. The number of nitrogens with zero attached hydrogens (tertiary/aromatic N) is 1. The number of hydrogen-bond donors (Lipinski definition) is 2. The summed E-state index contributed by atoms with van der Waals surface area (Å²) < 4.78 is 0. The second-order valence-corrected chi connectivity index (χ2v) is 5.95. The molecular formula is C16H21N3O2. The second-order valence-electron chi connectivity index (χ2n) is 5.95. The van der Waals surface area contributed by atoms with Crippen LogP contribution >= 0.6 is 0 Å². The van der Waals surface area contributed by atoms with E-state index in [9.17, 15) is 9.59 Å². The second kappa shape index (κ2) is 5.48. The largest absolute Gasteiger partial charge is 0.346 e. The molecule has 2 aliphatic rings. The monoisotopic (exact) mass is 287 g/mol. The zero-order chi connectivity index (χ0) is 14.9. The third kappa shape index (κ3) is 2.42. The molecule has 21 heavy (non-hydrogen) atoms. The Morgan fingerprint density at radius 3 is 2.71 bits per heavy atom. The van der Waals surface area contributed by atoms with Crippen molar-refractivity contribution in [2.45, 2.75) is 31.1 Å². The molecule has 5 nitrogen and oxygen atoms in total. The first kappa shape index (κ1) is 14.1. The standard InChI is InChI=1S/C16H21N3O2/c17-11-16(6-1-2-7-16)12-4-3-5-13(10-12)19-9-8-18-14(20)15(19)21/h3-5,10H,1-2,6-9,11,17H2,(H,18,20). The Kier molecular flexibility index (Phi) is 3.68. The van der Waals surface area contributed by atoms with Crippen LogP contribution in [0.15, 0.2) is 24.3 Å². The van der Waals surface area contributed by atoms with Gasteiger partial charge in [0.05, 0.1) is 0 Å². The highest BCUT2D eigenvalue weighted by Crippen LogP contribution is 2.41. The summed E-state index contributed by atoms with van der Waals surface area (Å²) in [5.41, 5.74) is 8.06. The van der Waals surface area contributed by atoms with E-state index < -0.39 is 11.8 Å². The van der Waals surface area contributed by atoms with Crippen LogP contribution in [0.2, 0.25) is 0 Å². The summed E-state index contributed by atoms with van der Waals surface area (Å²) in [6.45, 7) is 1.64. The Balaban J connectivity index is 1.93. The quantitative estimate of drug-likeness (QED) is 0.812. The van der Waals surface area contributed by atoms with E-state index in [4.69, 9.17) is 5.73 Å². The molecule has 0 atom stereocenters. The lowest BCUT2D eigenvalue weighted by molar-refractivity contribution is -0.138. The Labute approximate surface area is 124 Å². The number of nitrogens with two attached hydrogens (primary N) is 1. The lowest BCUT2D eigenvalue weighted by atomic mass is 9.79. The van der Waals surface area contributed by atoms with Crippen LogP contribution in [0.1, 0.15) is 31.2 Å². The van der Waals surface area contributed by atoms with Gasteiger partial charge in [-0.1, -0.05) is 25.0 Å². The molecule has 1 saturated carbocycles. The van der Waals surface area contributed by atoms with Gasteiger partial charge in [0.15, 0.2) is 0 Å². The molecule has 1 heterocycles. The van der Waals surface area contributed by atoms with Gasteiger partial charge in [0, 0.05) is 30.7 Å². The zero-order valence-electron chi connectivity index (χ0n) is 12.1. The third-order valence-electron chi connectivity index (χ3n) is 4.78. The molecule has 3 rings (SSSR count). The molecule has 112 valence electrons. The maximum absolute atomic E-state index is 12.0. The Morgan fingerprint density at radius 1 is 1.24 bits per heavy atom. The zero-order valence-corrected chi connectivity index (χ0v) is 12.1. The van der Waals surface area contributed by atoms with Crippen LogP contribution in [-0.2, 0) is 15.0 Å². The van der Waals surface area contributed by atoms with E-state index in [1.807, 2.05) is 18.2 Å². The van der Waals surface area contributed by atoms with E-state index in [2.05, 4.69) is 11.4 Å². The minimum absolute atomic E-state index is 0.0388. The molecule has 0 aromatic heterocycles. The van der Waals surface area contributed by atoms with E-state index in [1.165, 1.54) is 18.4 Å². The van der Waals surface area contributed by atoms with Crippen molar-refractivity contribution in [3.8, 4) is 0 Å². The van der Waals surface area contributed by atoms with E-state index in [0.29, 0.717) is 19.6 Å². The molecule has 0 bridgehead atoms. The first-order chi connectivity index (χ1) is 10.2. The number of anilines is 1. The Hall–Kier alpha value is -1.88. The summed E-state index contributed by atoms with van der Waals surface area (Å²) in [7, 11) is 0. The van der Waals surface area contributed by atoms with Gasteiger partial charge in [0.25, 0.3) is 0 Å². The van der Waals surface area contributed by atoms with Crippen LogP contribution in [0.3, 0.4) is 0 Å². The van der Waals surface area contributed by atoms with E-state index in [-0.39, 0.29) is 5.41 Å². The van der Waals surface area contributed by atoms with E-state index in [0.717, 1.165) is 18.5 Å². The van der Waals surface area contributed by atoms with E-state index in [1.54, 1.807) is 4.90 Å². The van der Waals surface area contributed by atoms with Crippen molar-refractivity contribution in [1.29, 1.82) is 0 Å². The Bertz CT molecular complexity index is 564. The summed E-state index contributed by atoms with van der Waals surface area (Å²) >= 11 is 0. The van der Waals surface area contributed by atoms with Crippen molar-refractivity contribution in [2.24, 2.45) is 5.73 Å². The minimum Gasteiger partial charge on any atom is -0.346 e. The lowest BCUT2D eigenvalue weighted by Gasteiger charge is -2.31. The molecule has 2 fully saturated rings. The van der Waals surface area contributed by atoms with Gasteiger partial charge in [0.2, 0.25) is 0 Å². The van der Waals surface area contributed by atoms with Gasteiger partial charge in [-0.2, -0.15) is 0 Å². The van der Waals surface area contributed by atoms with Gasteiger partial charge in [-0.15, -0.1) is 0 Å². The van der Waals surface area contributed by atoms with Crippen LogP contribution in [0.25, 0.3) is 0 Å². The molecule has 1 aliphatic heterocycles. The summed E-state index contributed by atoms with van der Waals surface area (Å²) in [5.74, 6) is -1.01. The lowest BCUT2D eigenvalue weighted by Crippen LogP contribution is -2.52. The number of hydrogen-bond acceptors (Lipinski definition) is 3. The summed E-state index contributed by atoms with van der Waals surface area (Å²) in [4.78, 5) is 25.1. The van der Waals surface area contributed by atoms with Gasteiger partial charge in [-0.3, -0.25) is 9.59 Å². The van der Waals surface area contributed by atoms with Gasteiger partial charge >= 0.3 is 11.8 Å². The highest BCUT2D eigenvalue weighted by Gasteiger charge is 2.35. The molecule has 3 N–H and O–H groups in total. The number of piperazine rings is 1. The molecule has 1 aromatic rings. The van der Waals surface area contributed by atoms with Crippen molar-refractivity contribution in [3.05, 3.63) is 29.8 Å². The number of benzene rings is 1. The predicted octanol–water partition coefficient (Wildman–Crippen LogP) is 0.920. The van der Waals surface area contributed by atoms with Crippen molar-refractivity contribution < 1.29 is 9.59 Å². The summed E-state index contributed by atoms with van der Waals surface area (Å²) in [6, 6.07) is 7.98. The van der Waals surface area contributed by atoms with Crippen LogP contribution in [0.5, 0.6) is 0 Å². The number of amides is 2. The van der Waals surface area contributed by atoms with Crippen molar-refractivity contribution in [2.75, 3.05) is 24.5 Å². The smallest absolute Gasteiger partial charge is 0.316 e. The average molecular weight is 287 g/mol. The van der Waals surface area contributed by atoms with Crippen molar-refractivity contribution >= 4 is 17.5 Å². The molecule has 0 unspecified atom stereocenters. The topological polar surface area (TPSA) is 75.4 Å². The normalized spacial score (nSPS) is 21.5.